The zero-order chi connectivity index (χ0) is 11.0. The predicted octanol–water partition coefficient (Wildman–Crippen LogP) is 0.0145. The number of fused-ring (bicyclic) bond motifs is 1. The molecule has 15 heavy (non-hydrogen) atoms. The lowest BCUT2D eigenvalue weighted by Gasteiger charge is -2.10. The van der Waals surface area contributed by atoms with Gasteiger partial charge in [0.15, 0.2) is 11.2 Å². The van der Waals surface area contributed by atoms with Crippen molar-refractivity contribution in [2.75, 3.05) is 14.2 Å². The number of methoxy groups -OCH3 is 2. The van der Waals surface area contributed by atoms with E-state index >= 15 is 0 Å². The maximum atomic E-state index is 11.7. The summed E-state index contributed by atoms with van der Waals surface area (Å²) in [5.41, 5.74) is 1.64. The van der Waals surface area contributed by atoms with Gasteiger partial charge in [0.1, 0.15) is 5.42 Å². The van der Waals surface area contributed by atoms with Gasteiger partial charge in [-0.05, 0) is 12.1 Å². The number of hydrogen-bond acceptors (Lipinski definition) is 4. The Morgan fingerprint density at radius 2 is 2.07 bits per heavy atom. The third-order valence-electron chi connectivity index (χ3n) is 2.16. The van der Waals surface area contributed by atoms with Gasteiger partial charge in [-0.3, -0.25) is 4.79 Å². The summed E-state index contributed by atoms with van der Waals surface area (Å²) in [5.74, 6) is 0.0706. The van der Waals surface area contributed by atoms with Crippen LogP contribution in [0.25, 0.3) is 18.4 Å². The van der Waals surface area contributed by atoms with Crippen molar-refractivity contribution in [3.63, 3.8) is 0 Å². The highest BCUT2D eigenvalue weighted by Gasteiger charge is 2.25. The lowest BCUT2D eigenvalue weighted by atomic mass is 10.1. The van der Waals surface area contributed by atoms with E-state index in [1.165, 1.54) is 14.2 Å². The number of ketones is 1. The fourth-order valence-corrected chi connectivity index (χ4v) is 1.50. The first kappa shape index (κ1) is 9.58. The first-order chi connectivity index (χ1) is 7.17. The van der Waals surface area contributed by atoms with Crippen LogP contribution in [0.5, 0.6) is 0 Å². The third kappa shape index (κ3) is 1.34. The summed E-state index contributed by atoms with van der Waals surface area (Å²) in [6.07, 6.45) is 1.61. The van der Waals surface area contributed by atoms with Crippen LogP contribution < -0.4 is 10.8 Å². The minimum Gasteiger partial charge on any atom is -0.492 e. The van der Waals surface area contributed by atoms with Gasteiger partial charge in [-0.2, -0.15) is 0 Å². The van der Waals surface area contributed by atoms with Crippen molar-refractivity contribution in [2.24, 2.45) is 0 Å². The molecule has 1 aliphatic rings. The Morgan fingerprint density at radius 3 is 2.67 bits per heavy atom. The van der Waals surface area contributed by atoms with Gasteiger partial charge in [-0.15, -0.1) is 0 Å². The molecular formula is C11H10O4. The summed E-state index contributed by atoms with van der Waals surface area (Å²) in [7, 11) is 2.86. The number of carbonyl (C=O) groups is 1. The fraction of sp³-hybridized carbons (Fsp3) is 0.182. The fourth-order valence-electron chi connectivity index (χ4n) is 1.50. The van der Waals surface area contributed by atoms with Crippen LogP contribution in [0.15, 0.2) is 16.2 Å². The molecule has 0 bridgehead atoms. The van der Waals surface area contributed by atoms with Crippen LogP contribution >= 0.6 is 0 Å². The molecule has 0 aromatic carbocycles. The highest BCUT2D eigenvalue weighted by Crippen LogP contribution is 2.15. The first-order valence-corrected chi connectivity index (χ1v) is 4.35. The molecule has 0 fully saturated rings. The van der Waals surface area contributed by atoms with Crippen LogP contribution in [0.3, 0.4) is 0 Å². The van der Waals surface area contributed by atoms with Crippen molar-refractivity contribution in [2.45, 2.75) is 0 Å². The smallest absolute Gasteiger partial charge is 0.265 e. The first-order valence-electron chi connectivity index (χ1n) is 4.35. The van der Waals surface area contributed by atoms with Crippen molar-refractivity contribution in [3.05, 3.63) is 28.2 Å². The van der Waals surface area contributed by atoms with E-state index in [1.54, 1.807) is 12.1 Å². The van der Waals surface area contributed by atoms with Crippen molar-refractivity contribution in [1.29, 1.82) is 0 Å². The molecule has 0 atom stereocenters. The van der Waals surface area contributed by atoms with Crippen LogP contribution in [0.4, 0.5) is 0 Å². The van der Waals surface area contributed by atoms with Crippen LogP contribution in [0.2, 0.25) is 0 Å². The van der Waals surface area contributed by atoms with Gasteiger partial charge in [0, 0.05) is 5.56 Å². The average molecular weight is 206 g/mol. The molecule has 1 heterocycles. The summed E-state index contributed by atoms with van der Waals surface area (Å²) in [6, 6.07) is 1.72. The molecule has 0 amide bonds. The van der Waals surface area contributed by atoms with Gasteiger partial charge in [0.25, 0.3) is 5.78 Å². The van der Waals surface area contributed by atoms with Crippen molar-refractivity contribution in [3.8, 4) is 0 Å². The molecule has 78 valence electrons. The van der Waals surface area contributed by atoms with E-state index in [0.717, 1.165) is 5.56 Å². The SMILES string of the molecule is C=c1cc2c(o1)=C(OC)C(=O)C(OC)=C2. The van der Waals surface area contributed by atoms with Crippen molar-refractivity contribution in [1.82, 2.24) is 0 Å². The van der Waals surface area contributed by atoms with Crippen molar-refractivity contribution >= 4 is 24.2 Å². The largest absolute Gasteiger partial charge is 0.492 e. The molecule has 2 rings (SSSR count). The summed E-state index contributed by atoms with van der Waals surface area (Å²) < 4.78 is 15.2. The monoisotopic (exact) mass is 206 g/mol. The second-order valence-corrected chi connectivity index (χ2v) is 3.07. The van der Waals surface area contributed by atoms with Crippen molar-refractivity contribution < 1.29 is 18.7 Å². The van der Waals surface area contributed by atoms with E-state index in [1.807, 2.05) is 0 Å². The Hall–Kier alpha value is -1.97. The summed E-state index contributed by atoms with van der Waals surface area (Å²) in [6.45, 7) is 3.65. The number of furan rings is 1. The number of carbonyl (C=O) groups excluding carboxylic acids is 1. The second-order valence-electron chi connectivity index (χ2n) is 3.07. The number of Topliss-reactive ketones (excluding diaryl/α,β-unsaturated/α-hetero) is 1. The Morgan fingerprint density at radius 1 is 1.33 bits per heavy atom. The van der Waals surface area contributed by atoms with E-state index in [9.17, 15) is 4.79 Å². The minimum atomic E-state index is -0.318. The molecule has 0 unspecified atom stereocenters. The van der Waals surface area contributed by atoms with Crippen LogP contribution in [-0.4, -0.2) is 20.0 Å². The van der Waals surface area contributed by atoms with E-state index < -0.39 is 0 Å². The summed E-state index contributed by atoms with van der Waals surface area (Å²) in [5, 5.41) is 0. The van der Waals surface area contributed by atoms with Gasteiger partial charge in [-0.1, -0.05) is 6.58 Å². The van der Waals surface area contributed by atoms with Gasteiger partial charge in [0.2, 0.25) is 5.76 Å². The quantitative estimate of drug-likeness (QED) is 0.684. The lowest BCUT2D eigenvalue weighted by Crippen LogP contribution is -2.22. The zero-order valence-corrected chi connectivity index (χ0v) is 8.49. The van der Waals surface area contributed by atoms with Crippen LogP contribution in [-0.2, 0) is 14.3 Å². The molecule has 0 aliphatic heterocycles. The molecule has 0 saturated carbocycles. The Kier molecular flexibility index (Phi) is 2.11. The van der Waals surface area contributed by atoms with E-state index in [4.69, 9.17) is 13.9 Å². The topological polar surface area (TPSA) is 48.7 Å². The average Bonchev–Trinajstić information content (AvgIpc) is 2.57. The molecule has 4 heteroatoms. The minimum absolute atomic E-state index is 0.152. The molecule has 0 spiro atoms. The lowest BCUT2D eigenvalue weighted by molar-refractivity contribution is -0.115. The standard InChI is InChI=1S/C11H10O4/c1-6-4-7-5-8(13-2)9(12)11(14-3)10(7)15-6/h4-5H,1H2,2-3H3. The molecule has 1 aromatic rings. The summed E-state index contributed by atoms with van der Waals surface area (Å²) >= 11 is 0. The van der Waals surface area contributed by atoms with Crippen LogP contribution in [0, 0.1) is 0 Å². The molecule has 0 saturated heterocycles. The van der Waals surface area contributed by atoms with Crippen LogP contribution in [0.1, 0.15) is 5.56 Å². The molecule has 1 aromatic heterocycles. The second kappa shape index (κ2) is 3.31. The Labute approximate surface area is 86.1 Å². The Balaban J connectivity index is 2.77. The van der Waals surface area contributed by atoms with Gasteiger partial charge >= 0.3 is 0 Å². The van der Waals surface area contributed by atoms with E-state index in [0.29, 0.717) is 10.8 Å². The van der Waals surface area contributed by atoms with E-state index in [2.05, 4.69) is 6.58 Å². The highest BCUT2D eigenvalue weighted by molar-refractivity contribution is 6.23. The predicted molar refractivity (Wildman–Crippen MR) is 53.9 cm³/mol. The normalized spacial score (nSPS) is 14.7. The molecule has 0 radical (unpaired) electrons. The maximum Gasteiger partial charge on any atom is 0.265 e. The maximum absolute atomic E-state index is 11.7. The Bertz CT molecular complexity index is 548. The van der Waals surface area contributed by atoms with Gasteiger partial charge < -0.3 is 13.9 Å². The molecule has 1 aliphatic carbocycles. The molecule has 4 nitrogen and oxygen atoms in total. The number of rotatable bonds is 2. The molecule has 0 N–H and O–H groups in total. The zero-order valence-electron chi connectivity index (χ0n) is 8.49. The van der Waals surface area contributed by atoms with Gasteiger partial charge in [-0.25, -0.2) is 0 Å². The van der Waals surface area contributed by atoms with E-state index in [-0.39, 0.29) is 17.3 Å². The number of ether oxygens (including phenoxy) is 2. The third-order valence-corrected chi connectivity index (χ3v) is 2.16. The summed E-state index contributed by atoms with van der Waals surface area (Å²) in [4.78, 5) is 11.7. The molecular weight excluding hydrogens is 196 g/mol. The number of hydrogen-bond donors (Lipinski definition) is 0. The van der Waals surface area contributed by atoms with Gasteiger partial charge in [0.05, 0.1) is 14.2 Å². The highest BCUT2D eigenvalue weighted by atomic mass is 16.5.